The normalized spacial score (nSPS) is 16.4. The average Bonchev–Trinajstić information content (AvgIpc) is 3.57. The van der Waals surface area contributed by atoms with E-state index in [9.17, 15) is 4.39 Å². The molecule has 1 aliphatic rings. The molecule has 8 nitrogen and oxygen atoms in total. The fraction of sp³-hybridized carbons (Fsp3) is 0.286. The van der Waals surface area contributed by atoms with Gasteiger partial charge in [0, 0.05) is 47.1 Å². The van der Waals surface area contributed by atoms with E-state index >= 15 is 0 Å². The van der Waals surface area contributed by atoms with Crippen molar-refractivity contribution in [3.8, 4) is 28.5 Å². The number of aromatic nitrogens is 5. The molecule has 0 saturated carbocycles. The maximum absolute atomic E-state index is 14.5. The van der Waals surface area contributed by atoms with Crippen LogP contribution in [-0.2, 0) is 6.54 Å². The Morgan fingerprint density at radius 3 is 2.92 bits per heavy atom. The second-order valence-electron chi connectivity index (χ2n) is 9.46. The first-order chi connectivity index (χ1) is 18.1. The van der Waals surface area contributed by atoms with Crippen LogP contribution in [0.2, 0.25) is 0 Å². The number of likely N-dealkylation sites (tertiary alicyclic amines) is 1. The van der Waals surface area contributed by atoms with Crippen LogP contribution in [0, 0.1) is 12.7 Å². The number of benzene rings is 2. The molecule has 37 heavy (non-hydrogen) atoms. The Hall–Kier alpha value is -4.11. The Morgan fingerprint density at radius 2 is 2.05 bits per heavy atom. The van der Waals surface area contributed by atoms with E-state index in [-0.39, 0.29) is 11.7 Å². The number of pyridine rings is 1. The van der Waals surface area contributed by atoms with E-state index < -0.39 is 0 Å². The van der Waals surface area contributed by atoms with Gasteiger partial charge in [0.05, 0.1) is 18.5 Å². The Morgan fingerprint density at radius 1 is 1.14 bits per heavy atom. The quantitative estimate of drug-likeness (QED) is 0.330. The van der Waals surface area contributed by atoms with Crippen LogP contribution >= 0.6 is 0 Å². The lowest BCUT2D eigenvalue weighted by atomic mass is 9.97. The minimum absolute atomic E-state index is 0.0841. The van der Waals surface area contributed by atoms with Gasteiger partial charge in [-0.25, -0.2) is 4.39 Å². The van der Waals surface area contributed by atoms with E-state index in [4.69, 9.17) is 9.15 Å². The molecule has 3 aromatic heterocycles. The van der Waals surface area contributed by atoms with E-state index in [1.165, 1.54) is 6.07 Å². The van der Waals surface area contributed by atoms with Crippen LogP contribution in [0.4, 0.5) is 4.39 Å². The van der Waals surface area contributed by atoms with E-state index in [0.29, 0.717) is 36.2 Å². The predicted molar refractivity (Wildman–Crippen MR) is 138 cm³/mol. The molecule has 1 fully saturated rings. The number of rotatable bonds is 6. The van der Waals surface area contributed by atoms with Crippen molar-refractivity contribution >= 4 is 10.9 Å². The fourth-order valence-electron chi connectivity index (χ4n) is 5.08. The summed E-state index contributed by atoms with van der Waals surface area (Å²) >= 11 is 0. The van der Waals surface area contributed by atoms with Gasteiger partial charge in [0.15, 0.2) is 0 Å². The van der Waals surface area contributed by atoms with Crippen molar-refractivity contribution in [2.45, 2.75) is 32.2 Å². The molecule has 2 aromatic carbocycles. The summed E-state index contributed by atoms with van der Waals surface area (Å²) in [5, 5.41) is 17.4. The van der Waals surface area contributed by atoms with Crippen LogP contribution in [0.3, 0.4) is 0 Å². The topological polar surface area (TPSA) is 93.0 Å². The number of aryl methyl sites for hydroxylation is 1. The molecular weight excluding hydrogens is 471 g/mol. The van der Waals surface area contributed by atoms with Gasteiger partial charge < -0.3 is 9.15 Å². The molecule has 1 N–H and O–H groups in total. The molecule has 1 aliphatic heterocycles. The molecule has 5 aromatic rings. The van der Waals surface area contributed by atoms with E-state index in [1.807, 2.05) is 37.3 Å². The zero-order valence-corrected chi connectivity index (χ0v) is 20.7. The number of hydrogen-bond donors (Lipinski definition) is 1. The third-order valence-electron chi connectivity index (χ3n) is 6.95. The lowest BCUT2D eigenvalue weighted by Crippen LogP contribution is -2.34. The number of ether oxygens (including phenoxy) is 1. The minimum Gasteiger partial charge on any atom is -0.496 e. The first-order valence-electron chi connectivity index (χ1n) is 12.4. The number of halogens is 1. The van der Waals surface area contributed by atoms with E-state index in [1.54, 1.807) is 25.4 Å². The Kier molecular flexibility index (Phi) is 6.13. The highest BCUT2D eigenvalue weighted by Crippen LogP contribution is 2.33. The monoisotopic (exact) mass is 498 g/mol. The Labute approximate surface area is 213 Å². The predicted octanol–water partition coefficient (Wildman–Crippen LogP) is 5.51. The van der Waals surface area contributed by atoms with Crippen molar-refractivity contribution in [1.82, 2.24) is 30.3 Å². The van der Waals surface area contributed by atoms with Crippen molar-refractivity contribution in [3.05, 3.63) is 77.7 Å². The van der Waals surface area contributed by atoms with Crippen LogP contribution < -0.4 is 4.74 Å². The smallest absolute Gasteiger partial charge is 0.247 e. The molecule has 9 heteroatoms. The first-order valence-corrected chi connectivity index (χ1v) is 12.4. The van der Waals surface area contributed by atoms with Gasteiger partial charge in [-0.1, -0.05) is 6.07 Å². The standard InChI is InChI=1S/C28H27FN6O2/c1-17-13-18(10-11-30-17)26-21-14-19(8-9-24(21)31-32-26)27-33-34-28(37-27)20-5-4-12-35(15-20)16-22-23(29)6-3-7-25(22)36-2/h3,6-11,13-14,20H,4-5,12,15-16H2,1-2H3,(H,31,32). The van der Waals surface area contributed by atoms with Gasteiger partial charge >= 0.3 is 0 Å². The summed E-state index contributed by atoms with van der Waals surface area (Å²) in [6, 6.07) is 14.9. The Balaban J connectivity index is 1.23. The number of piperidine rings is 1. The Bertz CT molecular complexity index is 1560. The number of H-pyrrole nitrogens is 1. The van der Waals surface area contributed by atoms with Crippen LogP contribution in [0.1, 0.15) is 35.9 Å². The maximum Gasteiger partial charge on any atom is 0.247 e. The molecule has 0 bridgehead atoms. The molecule has 0 aliphatic carbocycles. The summed E-state index contributed by atoms with van der Waals surface area (Å²) in [6.07, 6.45) is 3.70. The number of hydrogen-bond acceptors (Lipinski definition) is 7. The van der Waals surface area contributed by atoms with Gasteiger partial charge in [-0.05, 0) is 68.8 Å². The second-order valence-corrected chi connectivity index (χ2v) is 9.46. The number of fused-ring (bicyclic) bond motifs is 1. The SMILES string of the molecule is COc1cccc(F)c1CN1CCCC(c2nnc(-c3ccc4[nH]nc(-c5ccnc(C)c5)c4c3)o2)C1. The maximum atomic E-state index is 14.5. The molecule has 0 amide bonds. The van der Waals surface area contributed by atoms with E-state index in [0.717, 1.165) is 52.8 Å². The number of aromatic amines is 1. The van der Waals surface area contributed by atoms with Crippen molar-refractivity contribution in [2.75, 3.05) is 20.2 Å². The lowest BCUT2D eigenvalue weighted by molar-refractivity contribution is 0.182. The van der Waals surface area contributed by atoms with Crippen LogP contribution in [0.25, 0.3) is 33.6 Å². The molecule has 188 valence electrons. The van der Waals surface area contributed by atoms with Gasteiger partial charge in [-0.3, -0.25) is 15.0 Å². The summed E-state index contributed by atoms with van der Waals surface area (Å²) in [6.45, 7) is 4.03. The molecule has 1 atom stereocenters. The number of methoxy groups -OCH3 is 1. The molecule has 4 heterocycles. The summed E-state index contributed by atoms with van der Waals surface area (Å²) in [7, 11) is 1.57. The summed E-state index contributed by atoms with van der Waals surface area (Å²) in [5.41, 5.74) is 5.12. The molecule has 1 unspecified atom stereocenters. The summed E-state index contributed by atoms with van der Waals surface area (Å²) in [4.78, 5) is 6.51. The summed E-state index contributed by atoms with van der Waals surface area (Å²) < 4.78 is 26.0. The van der Waals surface area contributed by atoms with Gasteiger partial charge in [0.1, 0.15) is 17.3 Å². The molecule has 1 saturated heterocycles. The number of nitrogens with zero attached hydrogens (tertiary/aromatic N) is 5. The third kappa shape index (κ3) is 4.58. The number of nitrogens with one attached hydrogen (secondary N) is 1. The minimum atomic E-state index is -0.252. The van der Waals surface area contributed by atoms with Crippen LogP contribution in [0.5, 0.6) is 5.75 Å². The van der Waals surface area contributed by atoms with Crippen molar-refractivity contribution in [1.29, 1.82) is 0 Å². The van der Waals surface area contributed by atoms with Gasteiger partial charge in [-0.2, -0.15) is 5.10 Å². The van der Waals surface area contributed by atoms with Gasteiger partial charge in [0.25, 0.3) is 0 Å². The van der Waals surface area contributed by atoms with Crippen molar-refractivity contribution < 1.29 is 13.5 Å². The average molecular weight is 499 g/mol. The van der Waals surface area contributed by atoms with Crippen LogP contribution in [-0.4, -0.2) is 50.5 Å². The van der Waals surface area contributed by atoms with Gasteiger partial charge in [0.2, 0.25) is 11.8 Å². The van der Waals surface area contributed by atoms with Crippen LogP contribution in [0.15, 0.2) is 59.1 Å². The van der Waals surface area contributed by atoms with Gasteiger partial charge in [-0.15, -0.1) is 10.2 Å². The molecule has 6 rings (SSSR count). The van der Waals surface area contributed by atoms with Crippen molar-refractivity contribution in [3.63, 3.8) is 0 Å². The van der Waals surface area contributed by atoms with E-state index in [2.05, 4.69) is 30.3 Å². The molecule has 0 spiro atoms. The summed E-state index contributed by atoms with van der Waals surface area (Å²) in [5.74, 6) is 1.48. The largest absolute Gasteiger partial charge is 0.496 e. The first kappa shape index (κ1) is 23.3. The molecule has 0 radical (unpaired) electrons. The zero-order chi connectivity index (χ0) is 25.4. The zero-order valence-electron chi connectivity index (χ0n) is 20.7. The highest BCUT2D eigenvalue weighted by Gasteiger charge is 2.27. The molecular formula is C28H27FN6O2. The highest BCUT2D eigenvalue weighted by atomic mass is 19.1. The fourth-order valence-corrected chi connectivity index (χ4v) is 5.08. The lowest BCUT2D eigenvalue weighted by Gasteiger charge is -2.31. The van der Waals surface area contributed by atoms with Crippen molar-refractivity contribution in [2.24, 2.45) is 0 Å². The highest BCUT2D eigenvalue weighted by molar-refractivity contribution is 5.95. The third-order valence-corrected chi connectivity index (χ3v) is 6.95. The second kappa shape index (κ2) is 9.74.